The van der Waals surface area contributed by atoms with Crippen LogP contribution in [0.1, 0.15) is 51.6 Å². The van der Waals surface area contributed by atoms with Crippen molar-refractivity contribution in [2.24, 2.45) is 0 Å². The van der Waals surface area contributed by atoms with E-state index in [9.17, 15) is 0 Å². The molecule has 0 amide bonds. The third kappa shape index (κ3) is 4.25. The van der Waals surface area contributed by atoms with Gasteiger partial charge in [-0.2, -0.15) is 0 Å². The molecule has 0 aromatic carbocycles. The first-order valence-electron chi connectivity index (χ1n) is 5.75. The van der Waals surface area contributed by atoms with Crippen LogP contribution in [0.4, 0.5) is 0 Å². The molecule has 0 radical (unpaired) electrons. The summed E-state index contributed by atoms with van der Waals surface area (Å²) in [5.74, 6) is 0. The molecule has 1 nitrogen and oxygen atoms in total. The topological polar surface area (TPSA) is 12.0 Å². The lowest BCUT2D eigenvalue weighted by Crippen LogP contribution is -2.28. The second-order valence-corrected chi connectivity index (χ2v) is 6.50. The van der Waals surface area contributed by atoms with E-state index in [4.69, 9.17) is 23.2 Å². The van der Waals surface area contributed by atoms with Crippen LogP contribution < -0.4 is 5.32 Å². The molecule has 1 rings (SSSR count). The van der Waals surface area contributed by atoms with Gasteiger partial charge in [0.15, 0.2) is 0 Å². The first kappa shape index (κ1) is 14.3. The predicted molar refractivity (Wildman–Crippen MR) is 74.9 cm³/mol. The molecule has 16 heavy (non-hydrogen) atoms. The Kier molecular flexibility index (Phi) is 6.12. The summed E-state index contributed by atoms with van der Waals surface area (Å²) in [7, 11) is 0. The molecule has 0 saturated carbocycles. The highest BCUT2D eigenvalue weighted by Gasteiger charge is 2.14. The van der Waals surface area contributed by atoms with Crippen molar-refractivity contribution in [1.82, 2.24) is 5.32 Å². The molecule has 92 valence electrons. The molecule has 1 aromatic rings. The van der Waals surface area contributed by atoms with Gasteiger partial charge in [-0.1, -0.05) is 43.0 Å². The minimum Gasteiger partial charge on any atom is -0.308 e. The molecule has 1 aromatic heterocycles. The summed E-state index contributed by atoms with van der Waals surface area (Å²) in [4.78, 5) is 0. The van der Waals surface area contributed by atoms with Crippen LogP contribution in [0.3, 0.4) is 0 Å². The Morgan fingerprint density at radius 1 is 1.38 bits per heavy atom. The van der Waals surface area contributed by atoms with Gasteiger partial charge in [0.2, 0.25) is 0 Å². The number of hydrogen-bond acceptors (Lipinski definition) is 2. The Hall–Kier alpha value is 0.240. The minimum absolute atomic E-state index is 0.267. The van der Waals surface area contributed by atoms with Crippen molar-refractivity contribution < 1.29 is 0 Å². The average Bonchev–Trinajstić information content (AvgIpc) is 2.54. The number of halogens is 2. The molecule has 0 bridgehead atoms. The van der Waals surface area contributed by atoms with Gasteiger partial charge in [0, 0.05) is 12.1 Å². The molecule has 0 fully saturated rings. The predicted octanol–water partition coefficient (Wildman–Crippen LogP) is 5.28. The van der Waals surface area contributed by atoms with Gasteiger partial charge in [0.25, 0.3) is 0 Å². The SMILES string of the molecule is CCCCC(C)NC(C)c1cc(Cl)sc1Cl. The Balaban J connectivity index is 2.51. The minimum atomic E-state index is 0.267. The maximum absolute atomic E-state index is 6.12. The standard InChI is InChI=1S/C12H19Cl2NS/c1-4-5-6-8(2)15-9(3)10-7-11(13)16-12(10)14/h7-9,15H,4-6H2,1-3H3. The third-order valence-electron chi connectivity index (χ3n) is 2.67. The van der Waals surface area contributed by atoms with E-state index in [1.807, 2.05) is 6.07 Å². The van der Waals surface area contributed by atoms with E-state index in [1.54, 1.807) is 0 Å². The summed E-state index contributed by atoms with van der Waals surface area (Å²) in [5.41, 5.74) is 1.11. The Morgan fingerprint density at radius 3 is 2.56 bits per heavy atom. The van der Waals surface area contributed by atoms with Crippen molar-refractivity contribution >= 4 is 34.5 Å². The second kappa shape index (κ2) is 6.85. The molecule has 0 aliphatic carbocycles. The fourth-order valence-electron chi connectivity index (χ4n) is 1.76. The fraction of sp³-hybridized carbons (Fsp3) is 0.667. The highest BCUT2D eigenvalue weighted by Crippen LogP contribution is 2.35. The van der Waals surface area contributed by atoms with Crippen LogP contribution in [0, 0.1) is 0 Å². The lowest BCUT2D eigenvalue weighted by atomic mass is 10.1. The Labute approximate surface area is 112 Å². The van der Waals surface area contributed by atoms with Crippen molar-refractivity contribution in [3.8, 4) is 0 Å². The van der Waals surface area contributed by atoms with Gasteiger partial charge in [-0.15, -0.1) is 11.3 Å². The zero-order chi connectivity index (χ0) is 12.1. The van der Waals surface area contributed by atoms with Crippen LogP contribution in [0.5, 0.6) is 0 Å². The Bertz CT molecular complexity index is 325. The molecule has 0 aliphatic heterocycles. The third-order valence-corrected chi connectivity index (χ3v) is 4.19. The van der Waals surface area contributed by atoms with Gasteiger partial charge in [0.05, 0.1) is 8.67 Å². The van der Waals surface area contributed by atoms with Crippen LogP contribution >= 0.6 is 34.5 Å². The molecular weight excluding hydrogens is 261 g/mol. The van der Waals surface area contributed by atoms with Gasteiger partial charge < -0.3 is 5.32 Å². The molecule has 0 spiro atoms. The second-order valence-electron chi connectivity index (χ2n) is 4.21. The number of unbranched alkanes of at least 4 members (excludes halogenated alkanes) is 1. The van der Waals surface area contributed by atoms with Crippen molar-refractivity contribution in [1.29, 1.82) is 0 Å². The van der Waals surface area contributed by atoms with Crippen molar-refractivity contribution in [3.63, 3.8) is 0 Å². The van der Waals surface area contributed by atoms with Crippen LogP contribution in [-0.2, 0) is 0 Å². The quantitative estimate of drug-likeness (QED) is 0.747. The molecule has 2 atom stereocenters. The first-order valence-corrected chi connectivity index (χ1v) is 7.32. The van der Waals surface area contributed by atoms with E-state index in [2.05, 4.69) is 26.1 Å². The molecular formula is C12H19Cl2NS. The highest BCUT2D eigenvalue weighted by atomic mass is 35.5. The molecule has 2 unspecified atom stereocenters. The molecule has 1 heterocycles. The van der Waals surface area contributed by atoms with E-state index in [0.717, 1.165) is 14.2 Å². The zero-order valence-corrected chi connectivity index (χ0v) is 12.3. The smallest absolute Gasteiger partial charge is 0.0991 e. The van der Waals surface area contributed by atoms with Crippen molar-refractivity contribution in [2.45, 2.75) is 52.1 Å². The monoisotopic (exact) mass is 279 g/mol. The fourth-order valence-corrected chi connectivity index (χ4v) is 3.40. The van der Waals surface area contributed by atoms with Crippen molar-refractivity contribution in [3.05, 3.63) is 20.3 Å². The summed E-state index contributed by atoms with van der Waals surface area (Å²) < 4.78 is 1.56. The number of thiophene rings is 1. The van der Waals surface area contributed by atoms with E-state index < -0.39 is 0 Å². The van der Waals surface area contributed by atoms with Crippen molar-refractivity contribution in [2.75, 3.05) is 0 Å². The lowest BCUT2D eigenvalue weighted by molar-refractivity contribution is 0.445. The largest absolute Gasteiger partial charge is 0.308 e. The average molecular weight is 280 g/mol. The van der Waals surface area contributed by atoms with E-state index in [-0.39, 0.29) is 6.04 Å². The molecule has 0 saturated heterocycles. The summed E-state index contributed by atoms with van der Waals surface area (Å²) in [6.45, 7) is 6.56. The first-order chi connectivity index (χ1) is 7.54. The van der Waals surface area contributed by atoms with E-state index in [0.29, 0.717) is 6.04 Å². The van der Waals surface area contributed by atoms with Gasteiger partial charge in [-0.05, 0) is 31.9 Å². The van der Waals surface area contributed by atoms with Crippen LogP contribution in [0.15, 0.2) is 6.07 Å². The van der Waals surface area contributed by atoms with Crippen LogP contribution in [-0.4, -0.2) is 6.04 Å². The summed E-state index contributed by atoms with van der Waals surface area (Å²) in [6, 6.07) is 2.74. The van der Waals surface area contributed by atoms with Gasteiger partial charge in [-0.3, -0.25) is 0 Å². The maximum Gasteiger partial charge on any atom is 0.0991 e. The van der Waals surface area contributed by atoms with Gasteiger partial charge in [0.1, 0.15) is 0 Å². The maximum atomic E-state index is 6.12. The number of rotatable bonds is 6. The number of nitrogens with one attached hydrogen (secondary N) is 1. The number of hydrogen-bond donors (Lipinski definition) is 1. The normalized spacial score (nSPS) is 15.1. The van der Waals surface area contributed by atoms with Gasteiger partial charge >= 0.3 is 0 Å². The molecule has 1 N–H and O–H groups in total. The molecule has 4 heteroatoms. The summed E-state index contributed by atoms with van der Waals surface area (Å²) in [5, 5.41) is 3.55. The Morgan fingerprint density at radius 2 is 2.06 bits per heavy atom. The zero-order valence-electron chi connectivity index (χ0n) is 10.0. The van der Waals surface area contributed by atoms with Crippen LogP contribution in [0.25, 0.3) is 0 Å². The van der Waals surface area contributed by atoms with E-state index in [1.165, 1.54) is 30.6 Å². The molecule has 0 aliphatic rings. The summed E-state index contributed by atoms with van der Waals surface area (Å²) >= 11 is 13.5. The summed E-state index contributed by atoms with van der Waals surface area (Å²) in [6.07, 6.45) is 3.71. The highest BCUT2D eigenvalue weighted by molar-refractivity contribution is 7.20. The van der Waals surface area contributed by atoms with Gasteiger partial charge in [-0.25, -0.2) is 0 Å². The lowest BCUT2D eigenvalue weighted by Gasteiger charge is -2.19. The van der Waals surface area contributed by atoms with Crippen LogP contribution in [0.2, 0.25) is 8.67 Å². The van der Waals surface area contributed by atoms with E-state index >= 15 is 0 Å².